The molecule has 4 amide bonds. The Morgan fingerprint density at radius 3 is 2.32 bits per heavy atom. The molecule has 3 saturated heterocycles. The van der Waals surface area contributed by atoms with Gasteiger partial charge >= 0.3 is 6.03 Å². The fourth-order valence-electron chi connectivity index (χ4n) is 5.53. The Hall–Kier alpha value is -1.34. The van der Waals surface area contributed by atoms with Crippen molar-refractivity contribution in [2.75, 3.05) is 13.6 Å². The summed E-state index contributed by atoms with van der Waals surface area (Å²) >= 11 is 0. The van der Waals surface area contributed by atoms with E-state index >= 15 is 0 Å². The summed E-state index contributed by atoms with van der Waals surface area (Å²) in [6, 6.07) is 0.795. The third-order valence-electron chi connectivity index (χ3n) is 7.46. The van der Waals surface area contributed by atoms with Crippen LogP contribution >= 0.6 is 12.4 Å². The lowest BCUT2D eigenvalue weighted by Crippen LogP contribution is -2.52. The third-order valence-corrected chi connectivity index (χ3v) is 7.46. The Kier molecular flexibility index (Phi) is 6.25. The maximum atomic E-state index is 13.0. The van der Waals surface area contributed by atoms with Gasteiger partial charge in [0.2, 0.25) is 5.91 Å². The van der Waals surface area contributed by atoms with Crippen molar-refractivity contribution in [2.45, 2.75) is 88.4 Å². The molecule has 2 N–H and O–H groups in total. The van der Waals surface area contributed by atoms with Crippen LogP contribution in [0.1, 0.15) is 64.7 Å². The second-order valence-corrected chi connectivity index (χ2v) is 9.02. The number of nitrogens with one attached hydrogen (secondary N) is 2. The fourth-order valence-corrected chi connectivity index (χ4v) is 5.53. The molecule has 4 aliphatic rings. The molecule has 3 aliphatic heterocycles. The van der Waals surface area contributed by atoms with Crippen LogP contribution in [0, 0.1) is 5.92 Å². The Balaban J connectivity index is 0.00000225. The summed E-state index contributed by atoms with van der Waals surface area (Å²) in [6.45, 7) is 2.03. The van der Waals surface area contributed by atoms with Crippen LogP contribution in [-0.2, 0) is 9.59 Å². The van der Waals surface area contributed by atoms with Crippen molar-refractivity contribution in [1.29, 1.82) is 0 Å². The number of rotatable bonds is 4. The normalized spacial score (nSPS) is 37.0. The van der Waals surface area contributed by atoms with Gasteiger partial charge in [0, 0.05) is 25.2 Å². The molecule has 4 rings (SSSR count). The van der Waals surface area contributed by atoms with Crippen molar-refractivity contribution in [2.24, 2.45) is 5.92 Å². The van der Waals surface area contributed by atoms with Crippen LogP contribution in [0.2, 0.25) is 0 Å². The molecule has 4 fully saturated rings. The zero-order valence-corrected chi connectivity index (χ0v) is 17.7. The van der Waals surface area contributed by atoms with E-state index < -0.39 is 11.6 Å². The van der Waals surface area contributed by atoms with E-state index in [1.165, 1.54) is 12.8 Å². The fraction of sp³-hybridized carbons (Fsp3) is 0.850. The number of halogens is 1. The van der Waals surface area contributed by atoms with Crippen LogP contribution in [0.4, 0.5) is 4.79 Å². The number of amides is 4. The predicted molar refractivity (Wildman–Crippen MR) is 108 cm³/mol. The first-order valence-electron chi connectivity index (χ1n) is 10.6. The van der Waals surface area contributed by atoms with Crippen LogP contribution < -0.4 is 10.6 Å². The van der Waals surface area contributed by atoms with Gasteiger partial charge in [0.15, 0.2) is 0 Å². The van der Waals surface area contributed by atoms with Crippen molar-refractivity contribution in [3.63, 3.8) is 0 Å². The Bertz CT molecular complexity index is 623. The average Bonchev–Trinajstić information content (AvgIpc) is 3.12. The van der Waals surface area contributed by atoms with Gasteiger partial charge in [-0.1, -0.05) is 13.3 Å². The molecule has 1 spiro atoms. The number of imide groups is 1. The Morgan fingerprint density at radius 1 is 1.14 bits per heavy atom. The second kappa shape index (κ2) is 8.19. The maximum Gasteiger partial charge on any atom is 0.325 e. The van der Waals surface area contributed by atoms with E-state index in [0.29, 0.717) is 30.8 Å². The quantitative estimate of drug-likeness (QED) is 0.692. The molecule has 7 nitrogen and oxygen atoms in total. The van der Waals surface area contributed by atoms with Crippen molar-refractivity contribution >= 4 is 30.3 Å². The van der Waals surface area contributed by atoms with Gasteiger partial charge in [-0.25, -0.2) is 4.79 Å². The third kappa shape index (κ3) is 3.75. The first-order chi connectivity index (χ1) is 12.9. The van der Waals surface area contributed by atoms with Gasteiger partial charge in [0.1, 0.15) is 12.1 Å². The number of likely N-dealkylation sites (N-methyl/N-ethyl adjacent to an activating group) is 1. The highest BCUT2D eigenvalue weighted by Gasteiger charge is 2.52. The largest absolute Gasteiger partial charge is 0.341 e. The highest BCUT2D eigenvalue weighted by atomic mass is 35.5. The van der Waals surface area contributed by atoms with Gasteiger partial charge < -0.3 is 15.5 Å². The number of carbonyl (C=O) groups is 3. The molecule has 0 aromatic heterocycles. The van der Waals surface area contributed by atoms with Crippen molar-refractivity contribution < 1.29 is 14.4 Å². The van der Waals surface area contributed by atoms with Crippen molar-refractivity contribution in [1.82, 2.24) is 20.4 Å². The minimum Gasteiger partial charge on any atom is -0.341 e. The summed E-state index contributed by atoms with van der Waals surface area (Å²) in [4.78, 5) is 41.2. The monoisotopic (exact) mass is 412 g/mol. The summed E-state index contributed by atoms with van der Waals surface area (Å²) in [5.41, 5.74) is -0.768. The van der Waals surface area contributed by atoms with E-state index in [-0.39, 0.29) is 36.8 Å². The van der Waals surface area contributed by atoms with E-state index in [1.807, 2.05) is 7.05 Å². The summed E-state index contributed by atoms with van der Waals surface area (Å²) in [5.74, 6) is 0.302. The zero-order valence-electron chi connectivity index (χ0n) is 16.9. The molecule has 1 aliphatic carbocycles. The molecule has 1 saturated carbocycles. The van der Waals surface area contributed by atoms with Crippen LogP contribution in [0.25, 0.3) is 0 Å². The minimum absolute atomic E-state index is 0. The minimum atomic E-state index is -0.768. The molecule has 3 heterocycles. The molecule has 158 valence electrons. The van der Waals surface area contributed by atoms with Gasteiger partial charge in [-0.05, 0) is 57.3 Å². The van der Waals surface area contributed by atoms with E-state index in [0.717, 1.165) is 37.0 Å². The van der Waals surface area contributed by atoms with Gasteiger partial charge in [-0.2, -0.15) is 0 Å². The van der Waals surface area contributed by atoms with E-state index in [2.05, 4.69) is 17.6 Å². The van der Waals surface area contributed by atoms with Crippen LogP contribution in [0.3, 0.4) is 0 Å². The molecule has 2 bridgehead atoms. The predicted octanol–water partition coefficient (Wildman–Crippen LogP) is 2.04. The molecule has 2 unspecified atom stereocenters. The summed E-state index contributed by atoms with van der Waals surface area (Å²) in [6.07, 6.45) is 8.69. The number of hydrogen-bond donors (Lipinski definition) is 2. The Labute approximate surface area is 173 Å². The van der Waals surface area contributed by atoms with E-state index in [1.54, 1.807) is 4.90 Å². The number of fused-ring (bicyclic) bond motifs is 2. The highest BCUT2D eigenvalue weighted by molar-refractivity contribution is 6.09. The molecular weight excluding hydrogens is 380 g/mol. The lowest BCUT2D eigenvalue weighted by atomic mass is 9.75. The summed E-state index contributed by atoms with van der Waals surface area (Å²) in [7, 11) is 1.82. The summed E-state index contributed by atoms with van der Waals surface area (Å²) in [5, 5.41) is 6.50. The van der Waals surface area contributed by atoms with Crippen molar-refractivity contribution in [3.05, 3.63) is 0 Å². The van der Waals surface area contributed by atoms with Crippen LogP contribution in [-0.4, -0.2) is 64.9 Å². The average molecular weight is 413 g/mol. The molecule has 0 radical (unpaired) electrons. The first kappa shape index (κ1) is 21.4. The SMILES string of the molecule is CCC1CCC2(CC1)NC(=O)N(CC(=O)N(C)C1CC3CCC(C1)N3)C2=O.Cl. The van der Waals surface area contributed by atoms with Gasteiger partial charge in [0.25, 0.3) is 5.91 Å². The molecule has 0 aromatic rings. The van der Waals surface area contributed by atoms with Crippen molar-refractivity contribution in [3.8, 4) is 0 Å². The standard InChI is InChI=1S/C20H32N4O3.ClH/c1-3-13-6-8-20(9-7-13)18(26)24(19(27)22-20)12-17(25)23(2)16-10-14-4-5-15(11-16)21-14;/h13-16,21H,3-12H2,1-2H3,(H,22,27);1H. The molecular formula is C20H33ClN4O3. The zero-order chi connectivity index (χ0) is 19.2. The van der Waals surface area contributed by atoms with E-state index in [4.69, 9.17) is 0 Å². The molecule has 0 aromatic carbocycles. The number of urea groups is 1. The topological polar surface area (TPSA) is 81.8 Å². The maximum absolute atomic E-state index is 13.0. The lowest BCUT2D eigenvalue weighted by molar-refractivity contribution is -0.140. The van der Waals surface area contributed by atoms with Gasteiger partial charge in [-0.3, -0.25) is 14.5 Å². The highest BCUT2D eigenvalue weighted by Crippen LogP contribution is 2.37. The molecule has 8 heteroatoms. The number of nitrogens with zero attached hydrogens (tertiary/aromatic N) is 2. The summed E-state index contributed by atoms with van der Waals surface area (Å²) < 4.78 is 0. The number of carbonyl (C=O) groups excluding carboxylic acids is 3. The Morgan fingerprint density at radius 2 is 1.75 bits per heavy atom. The van der Waals surface area contributed by atoms with Gasteiger partial charge in [-0.15, -0.1) is 12.4 Å². The smallest absolute Gasteiger partial charge is 0.325 e. The second-order valence-electron chi connectivity index (χ2n) is 9.02. The van der Waals surface area contributed by atoms with Crippen LogP contribution in [0.15, 0.2) is 0 Å². The van der Waals surface area contributed by atoms with E-state index in [9.17, 15) is 14.4 Å². The number of piperidine rings is 1. The van der Waals surface area contributed by atoms with Crippen LogP contribution in [0.5, 0.6) is 0 Å². The molecule has 28 heavy (non-hydrogen) atoms. The lowest BCUT2D eigenvalue weighted by Gasteiger charge is -2.36. The molecule has 2 atom stereocenters. The first-order valence-corrected chi connectivity index (χ1v) is 10.6. The van der Waals surface area contributed by atoms with Gasteiger partial charge in [0.05, 0.1) is 0 Å². The number of hydrogen-bond acceptors (Lipinski definition) is 4.